The summed E-state index contributed by atoms with van der Waals surface area (Å²) in [4.78, 5) is 60.5. The standard InChI is InChI=1S/C31H38N4O8/c1-30(2,3)42-28(39)32-18-24(27(38)41-7)35-26(37)22-14-10-20(11-15-22)8-9-21-12-16-23(17-13-21)34-25(36)19-33-29(40)43-31(4,5)6/h10-17,24H,18-19H2,1-7H3,(H,32,39)(H,33,40)(H,34,36)(H,35,37). The van der Waals surface area contributed by atoms with Gasteiger partial charge < -0.3 is 35.5 Å². The molecule has 2 aromatic rings. The monoisotopic (exact) mass is 594 g/mol. The minimum Gasteiger partial charge on any atom is -0.467 e. The largest absolute Gasteiger partial charge is 0.467 e. The molecule has 1 unspecified atom stereocenters. The summed E-state index contributed by atoms with van der Waals surface area (Å²) in [6.45, 7) is 9.84. The third-order valence-corrected chi connectivity index (χ3v) is 5.10. The van der Waals surface area contributed by atoms with Crippen LogP contribution in [0.4, 0.5) is 15.3 Å². The fraction of sp³-hybridized carbons (Fsp3) is 0.387. The van der Waals surface area contributed by atoms with Crippen LogP contribution in [0.3, 0.4) is 0 Å². The zero-order chi connectivity index (χ0) is 32.2. The van der Waals surface area contributed by atoms with Gasteiger partial charge in [0.2, 0.25) is 5.91 Å². The number of methoxy groups -OCH3 is 1. The van der Waals surface area contributed by atoms with Gasteiger partial charge in [0.25, 0.3) is 5.91 Å². The molecular formula is C31H38N4O8. The van der Waals surface area contributed by atoms with Gasteiger partial charge in [-0.3, -0.25) is 9.59 Å². The third kappa shape index (κ3) is 13.4. The van der Waals surface area contributed by atoms with E-state index in [0.29, 0.717) is 16.8 Å². The lowest BCUT2D eigenvalue weighted by Gasteiger charge is -2.21. The lowest BCUT2D eigenvalue weighted by molar-refractivity contribution is -0.142. The Morgan fingerprint density at radius 2 is 1.23 bits per heavy atom. The molecule has 0 aliphatic carbocycles. The topological polar surface area (TPSA) is 161 Å². The first kappa shape index (κ1) is 34.2. The number of esters is 1. The molecule has 1 atom stereocenters. The summed E-state index contributed by atoms with van der Waals surface area (Å²) in [6.07, 6.45) is -1.41. The molecule has 4 N–H and O–H groups in total. The number of carbonyl (C=O) groups is 5. The van der Waals surface area contributed by atoms with E-state index in [1.807, 2.05) is 0 Å². The molecule has 0 fully saturated rings. The first-order valence-corrected chi connectivity index (χ1v) is 13.4. The van der Waals surface area contributed by atoms with E-state index in [1.165, 1.54) is 7.11 Å². The summed E-state index contributed by atoms with van der Waals surface area (Å²) in [6, 6.07) is 12.1. The molecule has 2 rings (SSSR count). The van der Waals surface area contributed by atoms with Crippen LogP contribution in [0.15, 0.2) is 48.5 Å². The van der Waals surface area contributed by atoms with Crippen molar-refractivity contribution >= 4 is 35.7 Å². The number of rotatable bonds is 8. The van der Waals surface area contributed by atoms with Gasteiger partial charge in [-0.25, -0.2) is 14.4 Å². The van der Waals surface area contributed by atoms with Gasteiger partial charge in [0, 0.05) is 22.4 Å². The molecule has 0 aliphatic heterocycles. The predicted octanol–water partition coefficient (Wildman–Crippen LogP) is 3.35. The Labute approximate surface area is 251 Å². The highest BCUT2D eigenvalue weighted by Gasteiger charge is 2.24. The van der Waals surface area contributed by atoms with Crippen LogP contribution >= 0.6 is 0 Å². The second kappa shape index (κ2) is 15.3. The van der Waals surface area contributed by atoms with Gasteiger partial charge >= 0.3 is 18.2 Å². The van der Waals surface area contributed by atoms with Gasteiger partial charge in [0.1, 0.15) is 23.8 Å². The Kier molecular flexibility index (Phi) is 12.1. The van der Waals surface area contributed by atoms with Crippen molar-refractivity contribution in [2.45, 2.75) is 58.8 Å². The summed E-state index contributed by atoms with van der Waals surface area (Å²) >= 11 is 0. The van der Waals surface area contributed by atoms with Crippen molar-refractivity contribution in [2.24, 2.45) is 0 Å². The maximum absolute atomic E-state index is 12.7. The number of hydrogen-bond donors (Lipinski definition) is 4. The molecule has 43 heavy (non-hydrogen) atoms. The molecule has 0 bridgehead atoms. The van der Waals surface area contributed by atoms with Crippen molar-refractivity contribution in [3.05, 3.63) is 65.2 Å². The Hall–Kier alpha value is -5.05. The van der Waals surface area contributed by atoms with Crippen molar-refractivity contribution in [2.75, 3.05) is 25.5 Å². The second-order valence-corrected chi connectivity index (χ2v) is 11.2. The highest BCUT2D eigenvalue weighted by Crippen LogP contribution is 2.11. The quantitative estimate of drug-likeness (QED) is 0.206. The molecule has 12 nitrogen and oxygen atoms in total. The van der Waals surface area contributed by atoms with Crippen molar-refractivity contribution in [3.63, 3.8) is 0 Å². The minimum atomic E-state index is -1.13. The highest BCUT2D eigenvalue weighted by atomic mass is 16.6. The van der Waals surface area contributed by atoms with Gasteiger partial charge in [-0.1, -0.05) is 11.8 Å². The fourth-order valence-electron chi connectivity index (χ4n) is 3.23. The molecule has 2 aromatic carbocycles. The zero-order valence-electron chi connectivity index (χ0n) is 25.4. The number of amides is 4. The third-order valence-electron chi connectivity index (χ3n) is 5.10. The summed E-state index contributed by atoms with van der Waals surface area (Å²) in [5.41, 5.74) is 0.751. The van der Waals surface area contributed by atoms with E-state index in [2.05, 4.69) is 33.1 Å². The van der Waals surface area contributed by atoms with Gasteiger partial charge in [0.15, 0.2) is 0 Å². The SMILES string of the molecule is COC(=O)C(CNC(=O)OC(C)(C)C)NC(=O)c1ccc(C#Cc2ccc(NC(=O)CNC(=O)OC(C)(C)C)cc2)cc1. The van der Waals surface area contributed by atoms with E-state index < -0.39 is 47.2 Å². The fourth-order valence-corrected chi connectivity index (χ4v) is 3.23. The van der Waals surface area contributed by atoms with Crippen molar-refractivity contribution < 1.29 is 38.2 Å². The molecule has 0 radical (unpaired) electrons. The van der Waals surface area contributed by atoms with Crippen LogP contribution in [0.25, 0.3) is 0 Å². The van der Waals surface area contributed by atoms with E-state index in [9.17, 15) is 24.0 Å². The molecule has 0 saturated heterocycles. The molecule has 230 valence electrons. The first-order valence-electron chi connectivity index (χ1n) is 13.4. The summed E-state index contributed by atoms with van der Waals surface area (Å²) < 4.78 is 15.0. The van der Waals surface area contributed by atoms with Gasteiger partial charge in [-0.15, -0.1) is 0 Å². The highest BCUT2D eigenvalue weighted by molar-refractivity contribution is 5.97. The molecular weight excluding hydrogens is 556 g/mol. The maximum Gasteiger partial charge on any atom is 0.408 e. The van der Waals surface area contributed by atoms with Crippen LogP contribution in [-0.4, -0.2) is 67.4 Å². The van der Waals surface area contributed by atoms with Crippen LogP contribution < -0.4 is 21.3 Å². The van der Waals surface area contributed by atoms with E-state index in [0.717, 1.165) is 0 Å². The normalized spacial score (nSPS) is 11.5. The molecule has 12 heteroatoms. The zero-order valence-corrected chi connectivity index (χ0v) is 25.4. The molecule has 0 aromatic heterocycles. The van der Waals surface area contributed by atoms with Crippen molar-refractivity contribution in [1.29, 1.82) is 0 Å². The summed E-state index contributed by atoms with van der Waals surface area (Å²) in [7, 11) is 1.18. The van der Waals surface area contributed by atoms with Crippen molar-refractivity contribution in [1.82, 2.24) is 16.0 Å². The van der Waals surface area contributed by atoms with Crippen LogP contribution in [-0.2, 0) is 23.8 Å². The van der Waals surface area contributed by atoms with E-state index >= 15 is 0 Å². The number of hydrogen-bond acceptors (Lipinski definition) is 8. The van der Waals surface area contributed by atoms with Gasteiger partial charge in [0.05, 0.1) is 13.7 Å². The summed E-state index contributed by atoms with van der Waals surface area (Å²) in [5, 5.41) is 10.1. The molecule has 4 amide bonds. The molecule has 0 aliphatic rings. The Morgan fingerprint density at radius 1 is 0.744 bits per heavy atom. The Morgan fingerprint density at radius 3 is 1.72 bits per heavy atom. The number of nitrogens with one attached hydrogen (secondary N) is 4. The lowest BCUT2D eigenvalue weighted by Crippen LogP contribution is -2.49. The Balaban J connectivity index is 1.92. The number of carbonyl (C=O) groups excluding carboxylic acids is 5. The number of alkyl carbamates (subject to hydrolysis) is 2. The second-order valence-electron chi connectivity index (χ2n) is 11.2. The summed E-state index contributed by atoms with van der Waals surface area (Å²) in [5.74, 6) is 4.31. The Bertz CT molecular complexity index is 1360. The molecule has 0 heterocycles. The number of benzene rings is 2. The van der Waals surface area contributed by atoms with Gasteiger partial charge in [-0.05, 0) is 90.1 Å². The van der Waals surface area contributed by atoms with Crippen LogP contribution in [0.1, 0.15) is 63.0 Å². The lowest BCUT2D eigenvalue weighted by atomic mass is 10.1. The van der Waals surface area contributed by atoms with Crippen molar-refractivity contribution in [3.8, 4) is 11.8 Å². The number of ether oxygens (including phenoxy) is 3. The minimum absolute atomic E-state index is 0.220. The number of anilines is 1. The van der Waals surface area contributed by atoms with E-state index in [-0.39, 0.29) is 18.7 Å². The predicted molar refractivity (Wildman–Crippen MR) is 159 cm³/mol. The van der Waals surface area contributed by atoms with Crippen LogP contribution in [0.5, 0.6) is 0 Å². The smallest absolute Gasteiger partial charge is 0.408 e. The van der Waals surface area contributed by atoms with Gasteiger partial charge in [-0.2, -0.15) is 0 Å². The first-order chi connectivity index (χ1) is 20.0. The average Bonchev–Trinajstić information content (AvgIpc) is 2.91. The van der Waals surface area contributed by atoms with E-state index in [4.69, 9.17) is 14.2 Å². The maximum atomic E-state index is 12.7. The van der Waals surface area contributed by atoms with Crippen LogP contribution in [0.2, 0.25) is 0 Å². The molecule has 0 spiro atoms. The average molecular weight is 595 g/mol. The molecule has 0 saturated carbocycles. The van der Waals surface area contributed by atoms with Crippen LogP contribution in [0, 0.1) is 11.8 Å². The van der Waals surface area contributed by atoms with E-state index in [1.54, 1.807) is 90.1 Å².